The van der Waals surface area contributed by atoms with Gasteiger partial charge in [-0.15, -0.1) is 0 Å². The van der Waals surface area contributed by atoms with E-state index in [-0.39, 0.29) is 5.41 Å². The summed E-state index contributed by atoms with van der Waals surface area (Å²) < 4.78 is 2.74. The van der Waals surface area contributed by atoms with Crippen LogP contribution in [-0.2, 0) is 5.41 Å². The maximum Gasteiger partial charge on any atom is 0.164 e. The van der Waals surface area contributed by atoms with Crippen LogP contribution in [0.4, 0.5) is 11.4 Å². The first kappa shape index (κ1) is 38.7. The molecule has 0 saturated heterocycles. The monoisotopic (exact) mass is 843 g/mol. The third kappa shape index (κ3) is 6.32. The van der Waals surface area contributed by atoms with Gasteiger partial charge >= 0.3 is 0 Å². The average molecular weight is 844 g/mol. The van der Waals surface area contributed by atoms with E-state index in [1.807, 2.05) is 6.07 Å². The number of hydrogen-bond donors (Lipinski definition) is 0. The quantitative estimate of drug-likeness (QED) is 0.128. The third-order valence-electron chi connectivity index (χ3n) is 15.7. The van der Waals surface area contributed by atoms with E-state index in [1.165, 1.54) is 130 Å². The summed E-state index contributed by atoms with van der Waals surface area (Å²) in [7, 11) is 0. The van der Waals surface area contributed by atoms with Gasteiger partial charge in [0.05, 0.1) is 5.52 Å². The molecule has 2 unspecified atom stereocenters. The molecule has 9 aromatic rings. The van der Waals surface area contributed by atoms with E-state index < -0.39 is 0 Å². The first-order valence-electron chi connectivity index (χ1n) is 24.3. The van der Waals surface area contributed by atoms with Crippen LogP contribution in [0.2, 0.25) is 0 Å². The molecule has 318 valence electrons. The molecule has 3 heterocycles. The summed E-state index contributed by atoms with van der Waals surface area (Å²) in [4.78, 5) is 18.8. The van der Waals surface area contributed by atoms with E-state index in [4.69, 9.17) is 15.0 Å². The Hall–Kier alpha value is -6.77. The number of hydrogen-bond acceptors (Lipinski definition) is 4. The predicted molar refractivity (Wildman–Crippen MR) is 270 cm³/mol. The van der Waals surface area contributed by atoms with Crippen LogP contribution in [0.3, 0.4) is 0 Å². The van der Waals surface area contributed by atoms with Gasteiger partial charge in [-0.05, 0) is 138 Å². The van der Waals surface area contributed by atoms with E-state index in [1.54, 1.807) is 0 Å². The molecule has 3 aliphatic carbocycles. The minimum Gasteiger partial charge on any atom is -0.337 e. The summed E-state index contributed by atoms with van der Waals surface area (Å²) in [5.41, 5.74) is 10.0. The van der Waals surface area contributed by atoms with Crippen molar-refractivity contribution in [1.29, 1.82) is 0 Å². The van der Waals surface area contributed by atoms with Crippen LogP contribution < -0.4 is 4.90 Å². The zero-order valence-corrected chi connectivity index (χ0v) is 37.3. The molecule has 0 amide bonds. The highest BCUT2D eigenvalue weighted by Gasteiger charge is 2.49. The topological polar surface area (TPSA) is 46.8 Å². The zero-order valence-electron chi connectivity index (χ0n) is 37.3. The Morgan fingerprint density at radius 3 is 2.35 bits per heavy atom. The van der Waals surface area contributed by atoms with Gasteiger partial charge < -0.3 is 9.47 Å². The molecule has 5 nitrogen and oxygen atoms in total. The first-order chi connectivity index (χ1) is 32.1. The fourth-order valence-corrected chi connectivity index (χ4v) is 12.5. The van der Waals surface area contributed by atoms with Gasteiger partial charge in [0.25, 0.3) is 0 Å². The summed E-state index contributed by atoms with van der Waals surface area (Å²) in [6.45, 7) is 2.53. The van der Waals surface area contributed by atoms with Crippen molar-refractivity contribution in [2.75, 3.05) is 4.90 Å². The molecule has 2 atom stereocenters. The molecule has 1 aliphatic heterocycles. The number of allylic oxidation sites excluding steroid dienone is 4. The first-order valence-corrected chi connectivity index (χ1v) is 24.3. The Morgan fingerprint density at radius 1 is 0.631 bits per heavy atom. The second-order valence-corrected chi connectivity index (χ2v) is 19.5. The van der Waals surface area contributed by atoms with E-state index in [9.17, 15) is 0 Å². The molecule has 0 radical (unpaired) electrons. The Labute approximate surface area is 381 Å². The van der Waals surface area contributed by atoms with Gasteiger partial charge in [-0.2, -0.15) is 0 Å². The Morgan fingerprint density at radius 2 is 1.45 bits per heavy atom. The average Bonchev–Trinajstić information content (AvgIpc) is 3.52. The fourth-order valence-electron chi connectivity index (χ4n) is 12.5. The molecule has 5 heteroatoms. The number of nitrogens with zero attached hydrogens (tertiary/aromatic N) is 5. The molecule has 2 aromatic heterocycles. The lowest BCUT2D eigenvalue weighted by molar-refractivity contribution is 0.290. The van der Waals surface area contributed by atoms with Crippen molar-refractivity contribution in [2.45, 2.75) is 108 Å². The van der Waals surface area contributed by atoms with Gasteiger partial charge in [0, 0.05) is 61.7 Å². The van der Waals surface area contributed by atoms with Crippen LogP contribution in [0.15, 0.2) is 133 Å². The molecule has 2 saturated carbocycles. The van der Waals surface area contributed by atoms with Crippen LogP contribution in [0.1, 0.15) is 108 Å². The van der Waals surface area contributed by atoms with Crippen molar-refractivity contribution in [3.05, 3.63) is 157 Å². The van der Waals surface area contributed by atoms with Gasteiger partial charge in [0.15, 0.2) is 17.5 Å². The van der Waals surface area contributed by atoms with Crippen molar-refractivity contribution < 1.29 is 0 Å². The predicted octanol–water partition coefficient (Wildman–Crippen LogP) is 15.7. The second kappa shape index (κ2) is 15.4. The van der Waals surface area contributed by atoms with Crippen molar-refractivity contribution in [2.24, 2.45) is 0 Å². The highest BCUT2D eigenvalue weighted by molar-refractivity contribution is 6.24. The highest BCUT2D eigenvalue weighted by atomic mass is 15.2. The van der Waals surface area contributed by atoms with Gasteiger partial charge in [-0.25, -0.2) is 15.0 Å². The molecule has 7 aromatic carbocycles. The van der Waals surface area contributed by atoms with E-state index in [0.29, 0.717) is 17.9 Å². The molecule has 0 N–H and O–H groups in total. The third-order valence-corrected chi connectivity index (χ3v) is 15.7. The van der Waals surface area contributed by atoms with E-state index in [2.05, 4.69) is 156 Å². The van der Waals surface area contributed by atoms with Crippen LogP contribution in [-0.4, -0.2) is 25.6 Å². The second-order valence-electron chi connectivity index (χ2n) is 19.5. The lowest BCUT2D eigenvalue weighted by Gasteiger charge is -2.40. The molecule has 2 fully saturated rings. The van der Waals surface area contributed by atoms with Crippen LogP contribution in [0, 0.1) is 12.1 Å². The number of aromatic nitrogens is 4. The Kier molecular flexibility index (Phi) is 9.19. The van der Waals surface area contributed by atoms with Gasteiger partial charge in [-0.3, -0.25) is 0 Å². The van der Waals surface area contributed by atoms with Gasteiger partial charge in [0.2, 0.25) is 0 Å². The van der Waals surface area contributed by atoms with Gasteiger partial charge in [0.1, 0.15) is 0 Å². The SMILES string of the molecule is CC12CCCCC1N(c1ccc3c(c1)c1c4ccccc4c(-c4nc(C5=CCCC=CC5)nc(-c5ccc6ccccc6c5)n4)cc1n3C1CCCCCC1)c1cc3c#cccc3cc12. The summed E-state index contributed by atoms with van der Waals surface area (Å²) in [6.07, 6.45) is 22.1. The van der Waals surface area contributed by atoms with Crippen molar-refractivity contribution in [1.82, 2.24) is 19.5 Å². The largest absolute Gasteiger partial charge is 0.337 e. The lowest BCUT2D eigenvalue weighted by atomic mass is 9.69. The number of rotatable bonds is 5. The lowest BCUT2D eigenvalue weighted by Crippen LogP contribution is -2.43. The van der Waals surface area contributed by atoms with Crippen LogP contribution in [0.5, 0.6) is 0 Å². The van der Waals surface area contributed by atoms with Crippen molar-refractivity contribution in [3.8, 4) is 22.8 Å². The maximum absolute atomic E-state index is 5.43. The molecular weight excluding hydrogens is 791 g/mol. The number of fused-ring (bicyclic) bond motifs is 10. The minimum atomic E-state index is 0.0877. The molecule has 65 heavy (non-hydrogen) atoms. The minimum absolute atomic E-state index is 0.0877. The molecule has 0 spiro atoms. The van der Waals surface area contributed by atoms with Crippen molar-refractivity contribution >= 4 is 71.1 Å². The number of benzene rings is 6. The summed E-state index contributed by atoms with van der Waals surface area (Å²) in [5.74, 6) is 2.22. The standard InChI is InChI=1S/C60H53N5/c1-60-33-17-16-28-55(60)65(53-36-43-23-13-12-22-42(43)35-51(53)60)46-31-32-52-50(37-46)56-48-27-15-14-26-47(48)49(38-54(56)64(52)45-24-8-4-5-9-25-45)59-62-57(40-19-6-2-3-7-20-40)61-58(63-59)44-30-29-39-18-10-11-21-41(39)34-44/h2,6,10-12,14-15,18,20-22,26-27,29-32,34-38,45,55H,3-5,7-9,16-17,19,24-25,28,33H2,1H3. The van der Waals surface area contributed by atoms with Crippen molar-refractivity contribution in [3.63, 3.8) is 0 Å². The highest BCUT2D eigenvalue weighted by Crippen LogP contribution is 2.56. The smallest absolute Gasteiger partial charge is 0.164 e. The van der Waals surface area contributed by atoms with Gasteiger partial charge in [-0.1, -0.05) is 136 Å². The normalized spacial score (nSPS) is 20.2. The van der Waals surface area contributed by atoms with E-state index >= 15 is 0 Å². The molecule has 0 bridgehead atoms. The molecular formula is C60H53N5. The fraction of sp³-hybridized carbons (Fsp3) is 0.283. The zero-order chi connectivity index (χ0) is 43.1. The Balaban J connectivity index is 1.06. The maximum atomic E-state index is 5.43. The molecule has 4 aliphatic rings. The van der Waals surface area contributed by atoms with E-state index in [0.717, 1.165) is 53.0 Å². The van der Waals surface area contributed by atoms with Crippen LogP contribution >= 0.6 is 0 Å². The summed E-state index contributed by atoms with van der Waals surface area (Å²) in [5, 5.41) is 9.88. The number of anilines is 2. The summed E-state index contributed by atoms with van der Waals surface area (Å²) >= 11 is 0. The molecule has 13 rings (SSSR count). The summed E-state index contributed by atoms with van der Waals surface area (Å²) in [6, 6.07) is 50.7. The Bertz CT molecular complexity index is 3420. The van der Waals surface area contributed by atoms with Crippen LogP contribution in [0.25, 0.3) is 82.5 Å².